The van der Waals surface area contributed by atoms with Crippen molar-refractivity contribution in [3.8, 4) is 5.69 Å². The molecule has 178 valence electrons. The zero-order chi connectivity index (χ0) is 24.7. The molecule has 0 aliphatic carbocycles. The van der Waals surface area contributed by atoms with Crippen LogP contribution in [0.2, 0.25) is 0 Å². The average molecular weight is 485 g/mol. The number of aromatic nitrogens is 2. The lowest BCUT2D eigenvalue weighted by atomic mass is 10.3. The summed E-state index contributed by atoms with van der Waals surface area (Å²) in [4.78, 5) is 36.6. The Labute approximate surface area is 200 Å². The summed E-state index contributed by atoms with van der Waals surface area (Å²) in [5.41, 5.74) is 3.27. The van der Waals surface area contributed by atoms with E-state index in [1.807, 2.05) is 37.3 Å². The summed E-state index contributed by atoms with van der Waals surface area (Å²) in [6.07, 6.45) is 0. The van der Waals surface area contributed by atoms with Crippen LogP contribution >= 0.6 is 11.8 Å². The van der Waals surface area contributed by atoms with E-state index in [2.05, 4.69) is 15.7 Å². The minimum atomic E-state index is -0.656. The minimum Gasteiger partial charge on any atom is -0.455 e. The van der Waals surface area contributed by atoms with Crippen LogP contribution in [0.5, 0.6) is 0 Å². The van der Waals surface area contributed by atoms with Crippen molar-refractivity contribution in [1.82, 2.24) is 9.78 Å². The highest BCUT2D eigenvalue weighted by Gasteiger charge is 2.20. The van der Waals surface area contributed by atoms with Crippen molar-refractivity contribution < 1.29 is 23.5 Å². The van der Waals surface area contributed by atoms with Gasteiger partial charge in [0.2, 0.25) is 5.91 Å². The Balaban J connectivity index is 1.45. The van der Waals surface area contributed by atoms with Crippen molar-refractivity contribution in [2.24, 2.45) is 0 Å². The number of para-hydroxylation sites is 1. The second-order valence-corrected chi connectivity index (χ2v) is 8.79. The minimum absolute atomic E-state index is 0.00308. The topological polar surface area (TPSA) is 102 Å². The highest BCUT2D eigenvalue weighted by Crippen LogP contribution is 2.22. The molecule has 0 unspecified atom stereocenters. The van der Waals surface area contributed by atoms with Crippen LogP contribution in [-0.4, -0.2) is 45.2 Å². The molecule has 2 aromatic carbocycles. The van der Waals surface area contributed by atoms with Gasteiger partial charge in [-0.15, -0.1) is 11.8 Å². The maximum absolute atomic E-state index is 12.9. The molecule has 2 N–H and O–H groups in total. The summed E-state index contributed by atoms with van der Waals surface area (Å²) >= 11 is 1.07. The number of carbonyl (C=O) groups excluding carboxylic acids is 3. The quantitative estimate of drug-likeness (QED) is 0.447. The number of amides is 2. The van der Waals surface area contributed by atoms with Crippen LogP contribution in [0.3, 0.4) is 0 Å². The van der Waals surface area contributed by atoms with Gasteiger partial charge < -0.3 is 15.4 Å². The van der Waals surface area contributed by atoms with Crippen LogP contribution < -0.4 is 10.6 Å². The molecule has 0 aliphatic heterocycles. The molecule has 0 radical (unpaired) electrons. The molecule has 8 nitrogen and oxygen atoms in total. The Bertz CT molecular complexity index is 1170. The molecule has 3 rings (SSSR count). The van der Waals surface area contributed by atoms with Gasteiger partial charge in [-0.3, -0.25) is 14.4 Å². The van der Waals surface area contributed by atoms with E-state index < -0.39 is 29.6 Å². The Morgan fingerprint density at radius 3 is 2.38 bits per heavy atom. The summed E-state index contributed by atoms with van der Waals surface area (Å²) in [6.45, 7) is 4.75. The van der Waals surface area contributed by atoms with Crippen molar-refractivity contribution in [1.29, 1.82) is 0 Å². The first-order valence-electron chi connectivity index (χ1n) is 10.5. The third-order valence-corrected chi connectivity index (χ3v) is 5.95. The molecule has 3 aromatic rings. The molecule has 10 heteroatoms. The number of thioether (sulfide) groups is 1. The second kappa shape index (κ2) is 11.5. The molecule has 34 heavy (non-hydrogen) atoms. The monoisotopic (exact) mass is 484 g/mol. The van der Waals surface area contributed by atoms with E-state index in [0.29, 0.717) is 17.1 Å². The molecule has 1 aromatic heterocycles. The van der Waals surface area contributed by atoms with E-state index in [-0.39, 0.29) is 11.7 Å². The number of anilines is 2. The molecule has 0 spiro atoms. The molecule has 0 saturated carbocycles. The maximum Gasteiger partial charge on any atom is 0.319 e. The molecule has 0 aliphatic rings. The summed E-state index contributed by atoms with van der Waals surface area (Å²) in [5.74, 6) is -1.84. The van der Waals surface area contributed by atoms with E-state index in [4.69, 9.17) is 4.74 Å². The van der Waals surface area contributed by atoms with Crippen molar-refractivity contribution in [2.45, 2.75) is 26.0 Å². The van der Waals surface area contributed by atoms with Gasteiger partial charge in [-0.1, -0.05) is 18.2 Å². The summed E-state index contributed by atoms with van der Waals surface area (Å²) in [6, 6.07) is 14.9. The van der Waals surface area contributed by atoms with Gasteiger partial charge in [-0.05, 0) is 57.2 Å². The van der Waals surface area contributed by atoms with Crippen molar-refractivity contribution in [2.75, 3.05) is 23.0 Å². The van der Waals surface area contributed by atoms with Crippen molar-refractivity contribution in [3.63, 3.8) is 0 Å². The summed E-state index contributed by atoms with van der Waals surface area (Å²) < 4.78 is 19.8. The maximum atomic E-state index is 12.9. The van der Waals surface area contributed by atoms with E-state index in [1.165, 1.54) is 24.3 Å². The van der Waals surface area contributed by atoms with Gasteiger partial charge in [0.1, 0.15) is 11.1 Å². The number of nitrogens with one attached hydrogen (secondary N) is 2. The predicted octanol–water partition coefficient (Wildman–Crippen LogP) is 3.87. The first-order chi connectivity index (χ1) is 16.2. The van der Waals surface area contributed by atoms with E-state index >= 15 is 0 Å². The molecule has 1 heterocycles. The number of nitrogens with zero attached hydrogens (tertiary/aromatic N) is 2. The fraction of sp³-hybridized carbons (Fsp3) is 0.250. The fourth-order valence-corrected chi connectivity index (χ4v) is 3.75. The van der Waals surface area contributed by atoms with Gasteiger partial charge in [0, 0.05) is 5.69 Å². The highest BCUT2D eigenvalue weighted by atomic mass is 32.2. The zero-order valence-electron chi connectivity index (χ0n) is 19.0. The number of halogens is 1. The Kier molecular flexibility index (Phi) is 8.42. The van der Waals surface area contributed by atoms with Gasteiger partial charge in [-0.2, -0.15) is 5.10 Å². The summed E-state index contributed by atoms with van der Waals surface area (Å²) in [7, 11) is 0. The number of carbonyl (C=O) groups is 3. The van der Waals surface area contributed by atoms with Gasteiger partial charge in [-0.25, -0.2) is 9.07 Å². The fourth-order valence-electron chi connectivity index (χ4n) is 3.07. The Hall–Kier alpha value is -3.66. The van der Waals surface area contributed by atoms with Gasteiger partial charge in [0.15, 0.2) is 6.61 Å². The molecule has 1 atom stereocenters. The highest BCUT2D eigenvalue weighted by molar-refractivity contribution is 8.01. The standard InChI is InChI=1S/C24H25FN4O4S/c1-15-23(16(2)29(28-15)20-7-5-4-6-8-20)27-21(30)13-33-24(32)17(3)34-14-22(31)26-19-11-9-18(25)10-12-19/h4-12,17H,13-14H2,1-3H3,(H,26,31)(H,27,30)/t17-/m1/s1. The SMILES string of the molecule is Cc1nn(-c2ccccc2)c(C)c1NC(=O)COC(=O)[C@@H](C)SCC(=O)Nc1ccc(F)cc1. The smallest absolute Gasteiger partial charge is 0.319 e. The third-order valence-electron chi connectivity index (χ3n) is 4.83. The van der Waals surface area contributed by atoms with Crippen LogP contribution in [0.4, 0.5) is 15.8 Å². The number of esters is 1. The number of hydrogen-bond acceptors (Lipinski definition) is 6. The molecule has 0 saturated heterocycles. The normalized spacial score (nSPS) is 11.5. The lowest BCUT2D eigenvalue weighted by Gasteiger charge is -2.12. The first-order valence-corrected chi connectivity index (χ1v) is 11.5. The molecule has 0 bridgehead atoms. The molecule has 2 amide bonds. The second-order valence-electron chi connectivity index (χ2n) is 7.46. The van der Waals surface area contributed by atoms with E-state index in [0.717, 1.165) is 23.1 Å². The number of rotatable bonds is 9. The van der Waals surface area contributed by atoms with Crippen molar-refractivity contribution in [3.05, 3.63) is 71.8 Å². The van der Waals surface area contributed by atoms with Crippen LogP contribution in [0.25, 0.3) is 5.69 Å². The zero-order valence-corrected chi connectivity index (χ0v) is 19.8. The van der Waals surface area contributed by atoms with E-state index in [9.17, 15) is 18.8 Å². The van der Waals surface area contributed by atoms with Crippen molar-refractivity contribution >= 4 is 40.9 Å². The van der Waals surface area contributed by atoms with Crippen LogP contribution in [0.15, 0.2) is 54.6 Å². The molecule has 0 fully saturated rings. The summed E-state index contributed by atoms with van der Waals surface area (Å²) in [5, 5.41) is 9.17. The van der Waals surface area contributed by atoms with Gasteiger partial charge >= 0.3 is 5.97 Å². The van der Waals surface area contributed by atoms with Crippen LogP contribution in [-0.2, 0) is 19.1 Å². The molecular formula is C24H25FN4O4S. The third kappa shape index (κ3) is 6.67. The molecular weight excluding hydrogens is 459 g/mol. The van der Waals surface area contributed by atoms with Crippen LogP contribution in [0, 0.1) is 19.7 Å². The number of ether oxygens (including phenoxy) is 1. The van der Waals surface area contributed by atoms with Gasteiger partial charge in [0.05, 0.1) is 28.5 Å². The lowest BCUT2D eigenvalue weighted by molar-refractivity contribution is -0.146. The number of hydrogen-bond donors (Lipinski definition) is 2. The number of aryl methyl sites for hydroxylation is 1. The van der Waals surface area contributed by atoms with Crippen LogP contribution in [0.1, 0.15) is 18.3 Å². The van der Waals surface area contributed by atoms with Gasteiger partial charge in [0.25, 0.3) is 5.91 Å². The largest absolute Gasteiger partial charge is 0.455 e. The first kappa shape index (κ1) is 25.0. The Morgan fingerprint density at radius 1 is 1.03 bits per heavy atom. The lowest BCUT2D eigenvalue weighted by Crippen LogP contribution is -2.26. The average Bonchev–Trinajstić information content (AvgIpc) is 3.11. The van der Waals surface area contributed by atoms with E-state index in [1.54, 1.807) is 18.5 Å². The Morgan fingerprint density at radius 2 is 1.71 bits per heavy atom. The number of benzene rings is 2. The predicted molar refractivity (Wildman–Crippen MR) is 130 cm³/mol.